The second-order valence-electron chi connectivity index (χ2n) is 4.68. The van der Waals surface area contributed by atoms with Crippen LogP contribution in [0.25, 0.3) is 0 Å². The fraction of sp³-hybridized carbons (Fsp3) is 0.385. The van der Waals surface area contributed by atoms with Gasteiger partial charge in [0.05, 0.1) is 6.54 Å². The molecule has 0 spiro atoms. The number of aromatic nitrogens is 2. The summed E-state index contributed by atoms with van der Waals surface area (Å²) in [6, 6.07) is 0. The first kappa shape index (κ1) is 14.7. The highest BCUT2D eigenvalue weighted by Gasteiger charge is 2.27. The van der Waals surface area contributed by atoms with Gasteiger partial charge in [0, 0.05) is 12.0 Å². The Morgan fingerprint density at radius 1 is 1.50 bits per heavy atom. The molecule has 0 unspecified atom stereocenters. The van der Waals surface area contributed by atoms with Gasteiger partial charge >= 0.3 is 5.97 Å². The van der Waals surface area contributed by atoms with Gasteiger partial charge in [0.2, 0.25) is 0 Å². The van der Waals surface area contributed by atoms with Crippen LogP contribution in [0.3, 0.4) is 0 Å². The molecule has 0 saturated carbocycles. The standard InChI is InChI=1S/C13H13N3O5S/c17-12(14-4-9-16-7(5-22-9)13(18)19)10-11(21-6-15-10)8-2-1-3-20-8/h5-6,8H,1-4H2,(H,14,17)(H,18,19)/t8-/m1/s1. The molecule has 116 valence electrons. The van der Waals surface area contributed by atoms with Gasteiger partial charge in [-0.15, -0.1) is 11.3 Å². The van der Waals surface area contributed by atoms with Gasteiger partial charge in [0.1, 0.15) is 11.1 Å². The number of oxazole rings is 1. The predicted molar refractivity (Wildman–Crippen MR) is 74.7 cm³/mol. The van der Waals surface area contributed by atoms with Crippen molar-refractivity contribution in [2.75, 3.05) is 6.61 Å². The van der Waals surface area contributed by atoms with E-state index in [4.69, 9.17) is 14.3 Å². The number of amides is 1. The fourth-order valence-electron chi connectivity index (χ4n) is 2.17. The molecule has 3 rings (SSSR count). The van der Waals surface area contributed by atoms with Gasteiger partial charge in [-0.3, -0.25) is 4.79 Å². The first-order valence-electron chi connectivity index (χ1n) is 6.66. The number of rotatable bonds is 5. The number of hydrogen-bond donors (Lipinski definition) is 2. The first-order valence-corrected chi connectivity index (χ1v) is 7.54. The fourth-order valence-corrected chi connectivity index (χ4v) is 2.88. The second-order valence-corrected chi connectivity index (χ2v) is 5.62. The van der Waals surface area contributed by atoms with Crippen LogP contribution in [0.4, 0.5) is 0 Å². The van der Waals surface area contributed by atoms with Crippen LogP contribution in [0, 0.1) is 0 Å². The second kappa shape index (κ2) is 6.24. The summed E-state index contributed by atoms with van der Waals surface area (Å²) < 4.78 is 10.8. The molecule has 1 aliphatic heterocycles. The SMILES string of the molecule is O=C(O)c1csc(CNC(=O)c2ncoc2[C@H]2CCCO2)n1. The largest absolute Gasteiger partial charge is 0.476 e. The summed E-state index contributed by atoms with van der Waals surface area (Å²) in [5.74, 6) is -1.06. The van der Waals surface area contributed by atoms with Crippen LogP contribution < -0.4 is 5.32 Å². The van der Waals surface area contributed by atoms with Gasteiger partial charge in [-0.1, -0.05) is 0 Å². The van der Waals surface area contributed by atoms with E-state index in [1.54, 1.807) is 0 Å². The summed E-state index contributed by atoms with van der Waals surface area (Å²) >= 11 is 1.17. The molecule has 0 bridgehead atoms. The van der Waals surface area contributed by atoms with Crippen molar-refractivity contribution in [1.82, 2.24) is 15.3 Å². The van der Waals surface area contributed by atoms with Gasteiger partial charge in [-0.25, -0.2) is 14.8 Å². The van der Waals surface area contributed by atoms with Gasteiger partial charge in [0.25, 0.3) is 5.91 Å². The molecule has 0 radical (unpaired) electrons. The molecule has 0 aliphatic carbocycles. The summed E-state index contributed by atoms with van der Waals surface area (Å²) in [6.07, 6.45) is 2.70. The zero-order chi connectivity index (χ0) is 15.5. The Morgan fingerprint density at radius 3 is 3.05 bits per heavy atom. The van der Waals surface area contributed by atoms with Crippen LogP contribution in [0.5, 0.6) is 0 Å². The lowest BCUT2D eigenvalue weighted by Gasteiger charge is -2.07. The van der Waals surface area contributed by atoms with Crippen molar-refractivity contribution < 1.29 is 23.8 Å². The predicted octanol–water partition coefficient (Wildman–Crippen LogP) is 1.61. The Kier molecular flexibility index (Phi) is 4.16. The Labute approximate surface area is 129 Å². The molecular formula is C13H13N3O5S. The summed E-state index contributed by atoms with van der Waals surface area (Å²) in [7, 11) is 0. The quantitative estimate of drug-likeness (QED) is 0.859. The third kappa shape index (κ3) is 3.00. The average molecular weight is 323 g/mol. The molecule has 1 amide bonds. The number of carboxylic acids is 1. The Bertz CT molecular complexity index is 689. The van der Waals surface area contributed by atoms with Crippen LogP contribution in [0.2, 0.25) is 0 Å². The molecule has 9 heteroatoms. The molecule has 2 N–H and O–H groups in total. The highest BCUT2D eigenvalue weighted by molar-refractivity contribution is 7.09. The van der Waals surface area contributed by atoms with Crippen molar-refractivity contribution in [2.45, 2.75) is 25.5 Å². The van der Waals surface area contributed by atoms with Crippen molar-refractivity contribution in [3.63, 3.8) is 0 Å². The van der Waals surface area contributed by atoms with E-state index in [2.05, 4.69) is 15.3 Å². The molecule has 0 aromatic carbocycles. The third-order valence-corrected chi connectivity index (χ3v) is 4.05. The van der Waals surface area contributed by atoms with Gasteiger partial charge in [-0.05, 0) is 12.8 Å². The highest BCUT2D eigenvalue weighted by atomic mass is 32.1. The van der Waals surface area contributed by atoms with E-state index in [9.17, 15) is 9.59 Å². The first-order chi connectivity index (χ1) is 10.6. The maximum atomic E-state index is 12.2. The van der Waals surface area contributed by atoms with E-state index < -0.39 is 11.9 Å². The smallest absolute Gasteiger partial charge is 0.355 e. The summed E-state index contributed by atoms with van der Waals surface area (Å²) in [4.78, 5) is 30.8. The third-order valence-electron chi connectivity index (χ3n) is 3.20. The number of ether oxygens (including phenoxy) is 1. The number of nitrogens with one attached hydrogen (secondary N) is 1. The zero-order valence-corrected chi connectivity index (χ0v) is 12.3. The van der Waals surface area contributed by atoms with Crippen LogP contribution in [0.1, 0.15) is 50.7 Å². The molecule has 8 nitrogen and oxygen atoms in total. The maximum Gasteiger partial charge on any atom is 0.355 e. The minimum atomic E-state index is -1.09. The average Bonchev–Trinajstić information content (AvgIpc) is 3.23. The van der Waals surface area contributed by atoms with Gasteiger partial charge in [0.15, 0.2) is 23.5 Å². The van der Waals surface area contributed by atoms with E-state index in [0.29, 0.717) is 17.4 Å². The normalized spacial score (nSPS) is 17.5. The number of aromatic carboxylic acids is 1. The van der Waals surface area contributed by atoms with Crippen LogP contribution in [0.15, 0.2) is 16.2 Å². The lowest BCUT2D eigenvalue weighted by atomic mass is 10.1. The molecular weight excluding hydrogens is 310 g/mol. The topological polar surface area (TPSA) is 115 Å². The number of thiazole rings is 1. The van der Waals surface area contributed by atoms with E-state index >= 15 is 0 Å². The Morgan fingerprint density at radius 2 is 2.36 bits per heavy atom. The minimum Gasteiger partial charge on any atom is -0.476 e. The lowest BCUT2D eigenvalue weighted by molar-refractivity contribution is 0.0691. The van der Waals surface area contributed by atoms with Crippen molar-refractivity contribution in [2.24, 2.45) is 0 Å². The summed E-state index contributed by atoms with van der Waals surface area (Å²) in [5.41, 5.74) is 0.164. The number of nitrogens with zero attached hydrogens (tertiary/aromatic N) is 2. The van der Waals surface area contributed by atoms with E-state index in [1.165, 1.54) is 23.1 Å². The van der Waals surface area contributed by atoms with Crippen LogP contribution in [-0.4, -0.2) is 33.6 Å². The number of carbonyl (C=O) groups is 2. The minimum absolute atomic E-state index is 0.0317. The lowest BCUT2D eigenvalue weighted by Crippen LogP contribution is -2.24. The van der Waals surface area contributed by atoms with Crippen molar-refractivity contribution in [3.8, 4) is 0 Å². The monoisotopic (exact) mass is 323 g/mol. The Hall–Kier alpha value is -2.26. The van der Waals surface area contributed by atoms with Gasteiger partial charge < -0.3 is 19.6 Å². The molecule has 2 aromatic rings. The molecule has 3 heterocycles. The van der Waals surface area contributed by atoms with E-state index in [-0.39, 0.29) is 24.0 Å². The summed E-state index contributed by atoms with van der Waals surface area (Å²) in [5, 5.41) is 13.4. The van der Waals surface area contributed by atoms with E-state index in [1.807, 2.05) is 0 Å². The molecule has 2 aromatic heterocycles. The number of hydrogen-bond acceptors (Lipinski definition) is 7. The molecule has 1 atom stereocenters. The molecule has 1 saturated heterocycles. The number of carbonyl (C=O) groups excluding carboxylic acids is 1. The maximum absolute atomic E-state index is 12.2. The van der Waals surface area contributed by atoms with E-state index in [0.717, 1.165) is 12.8 Å². The Balaban J connectivity index is 1.64. The van der Waals surface area contributed by atoms with Crippen molar-refractivity contribution in [1.29, 1.82) is 0 Å². The highest BCUT2D eigenvalue weighted by Crippen LogP contribution is 2.30. The van der Waals surface area contributed by atoms with Crippen LogP contribution in [-0.2, 0) is 11.3 Å². The van der Waals surface area contributed by atoms with Gasteiger partial charge in [-0.2, -0.15) is 0 Å². The number of carboxylic acid groups (broad SMARTS) is 1. The van der Waals surface area contributed by atoms with Crippen LogP contribution >= 0.6 is 11.3 Å². The van der Waals surface area contributed by atoms with Crippen molar-refractivity contribution >= 4 is 23.2 Å². The molecule has 1 aliphatic rings. The zero-order valence-electron chi connectivity index (χ0n) is 11.4. The molecule has 1 fully saturated rings. The van der Waals surface area contributed by atoms with Crippen molar-refractivity contribution in [3.05, 3.63) is 33.9 Å². The molecule has 22 heavy (non-hydrogen) atoms. The summed E-state index contributed by atoms with van der Waals surface area (Å²) in [6.45, 7) is 0.776.